The average molecular weight is 585 g/mol. The Balaban J connectivity index is 1.52. The SMILES string of the molecule is CCCC(N)C(=O)NC(C(=O)N1CCCC1C1=N[C@](CO)(Cc2cccc(Cl)c2)CO1)C(C)OCc1ccccc1. The molecule has 2 aromatic rings. The highest BCUT2D eigenvalue weighted by Crippen LogP contribution is 2.30. The zero-order valence-corrected chi connectivity index (χ0v) is 24.6. The Morgan fingerprint density at radius 1 is 1.24 bits per heavy atom. The second-order valence-electron chi connectivity index (χ2n) is 11.0. The Kier molecular flexibility index (Phi) is 10.8. The molecule has 2 amide bonds. The van der Waals surface area contributed by atoms with Gasteiger partial charge in [0.2, 0.25) is 17.7 Å². The largest absolute Gasteiger partial charge is 0.477 e. The van der Waals surface area contributed by atoms with Gasteiger partial charge in [0.1, 0.15) is 24.2 Å². The zero-order chi connectivity index (χ0) is 29.4. The molecule has 41 heavy (non-hydrogen) atoms. The summed E-state index contributed by atoms with van der Waals surface area (Å²) in [4.78, 5) is 33.6. The number of halogens is 1. The number of likely N-dealkylation sites (tertiary alicyclic amines) is 1. The van der Waals surface area contributed by atoms with Crippen molar-refractivity contribution in [1.29, 1.82) is 0 Å². The number of nitrogens with one attached hydrogen (secondary N) is 1. The zero-order valence-electron chi connectivity index (χ0n) is 23.8. The van der Waals surface area contributed by atoms with E-state index in [2.05, 4.69) is 5.32 Å². The third kappa shape index (κ3) is 7.86. The number of nitrogens with two attached hydrogens (primary N) is 1. The maximum atomic E-state index is 14.1. The van der Waals surface area contributed by atoms with E-state index in [1.807, 2.05) is 55.5 Å². The highest BCUT2D eigenvalue weighted by atomic mass is 35.5. The van der Waals surface area contributed by atoms with E-state index in [0.29, 0.717) is 43.3 Å². The molecule has 4 rings (SSSR count). The number of benzene rings is 2. The molecule has 5 atom stereocenters. The van der Waals surface area contributed by atoms with Gasteiger partial charge in [-0.1, -0.05) is 67.4 Å². The molecular formula is C31H41ClN4O5. The fraction of sp³-hybridized carbons (Fsp3) is 0.516. The van der Waals surface area contributed by atoms with Crippen LogP contribution in [0.5, 0.6) is 0 Å². The predicted molar refractivity (Wildman–Crippen MR) is 159 cm³/mol. The summed E-state index contributed by atoms with van der Waals surface area (Å²) in [7, 11) is 0. The highest BCUT2D eigenvalue weighted by molar-refractivity contribution is 6.30. The Hall–Kier alpha value is -2.98. The number of hydrogen-bond donors (Lipinski definition) is 3. The van der Waals surface area contributed by atoms with E-state index in [0.717, 1.165) is 24.0 Å². The molecule has 0 saturated carbocycles. The van der Waals surface area contributed by atoms with Crippen LogP contribution in [0.3, 0.4) is 0 Å². The second kappa shape index (κ2) is 14.3. The third-order valence-electron chi connectivity index (χ3n) is 7.70. The van der Waals surface area contributed by atoms with Crippen molar-refractivity contribution in [1.82, 2.24) is 10.2 Å². The van der Waals surface area contributed by atoms with Crippen molar-refractivity contribution >= 4 is 29.3 Å². The van der Waals surface area contributed by atoms with Crippen LogP contribution in [-0.2, 0) is 32.1 Å². The van der Waals surface area contributed by atoms with Gasteiger partial charge in [0.15, 0.2) is 0 Å². The second-order valence-corrected chi connectivity index (χ2v) is 11.4. The van der Waals surface area contributed by atoms with E-state index in [4.69, 9.17) is 31.8 Å². The number of carbonyl (C=O) groups excluding carboxylic acids is 2. The molecule has 1 fully saturated rings. The van der Waals surface area contributed by atoms with Gasteiger partial charge in [-0.25, -0.2) is 4.99 Å². The fourth-order valence-electron chi connectivity index (χ4n) is 5.38. The maximum absolute atomic E-state index is 14.1. The Morgan fingerprint density at radius 3 is 2.71 bits per heavy atom. The molecule has 0 bridgehead atoms. The minimum Gasteiger partial charge on any atom is -0.477 e. The lowest BCUT2D eigenvalue weighted by atomic mass is 9.93. The molecule has 9 nitrogen and oxygen atoms in total. The van der Waals surface area contributed by atoms with Crippen LogP contribution in [0.2, 0.25) is 5.02 Å². The van der Waals surface area contributed by atoms with Crippen molar-refractivity contribution in [2.45, 2.75) is 82.3 Å². The van der Waals surface area contributed by atoms with E-state index >= 15 is 0 Å². The van der Waals surface area contributed by atoms with Gasteiger partial charge in [0.25, 0.3) is 0 Å². The lowest BCUT2D eigenvalue weighted by molar-refractivity contribution is -0.141. The molecule has 2 heterocycles. The molecular weight excluding hydrogens is 544 g/mol. The normalized spacial score (nSPS) is 22.5. The van der Waals surface area contributed by atoms with E-state index in [9.17, 15) is 14.7 Å². The molecule has 0 radical (unpaired) electrons. The molecule has 2 aliphatic heterocycles. The lowest BCUT2D eigenvalue weighted by Crippen LogP contribution is -2.58. The first-order valence-corrected chi connectivity index (χ1v) is 14.7. The Labute approximate surface area is 247 Å². The number of nitrogens with zero attached hydrogens (tertiary/aromatic N) is 2. The summed E-state index contributed by atoms with van der Waals surface area (Å²) in [6.45, 7) is 4.52. The van der Waals surface area contributed by atoms with Crippen molar-refractivity contribution < 1.29 is 24.2 Å². The van der Waals surface area contributed by atoms with E-state index in [1.165, 1.54) is 0 Å². The van der Waals surface area contributed by atoms with Crippen LogP contribution in [0, 0.1) is 0 Å². The Morgan fingerprint density at radius 2 is 2.00 bits per heavy atom. The van der Waals surface area contributed by atoms with Crippen molar-refractivity contribution in [3.05, 3.63) is 70.7 Å². The van der Waals surface area contributed by atoms with Crippen molar-refractivity contribution in [2.75, 3.05) is 19.8 Å². The molecule has 0 aromatic heterocycles. The molecule has 2 aromatic carbocycles. The standard InChI is InChI=1S/C31H41ClN4O5/c1-3-9-25(33)28(38)34-27(21(2)40-18-22-10-5-4-6-11-22)30(39)36-15-8-14-26(36)29-35-31(19-37,20-41-29)17-23-12-7-13-24(32)16-23/h4-7,10-13,16,21,25-27,37H,3,8-9,14-15,17-20,33H2,1-2H3,(H,34,38)/t21?,25?,26?,27?,31-/m0/s1. The average Bonchev–Trinajstić information content (AvgIpc) is 3.63. The molecule has 0 spiro atoms. The molecule has 1 saturated heterocycles. The van der Waals surface area contributed by atoms with Gasteiger partial charge < -0.3 is 30.5 Å². The monoisotopic (exact) mass is 584 g/mol. The number of ether oxygens (including phenoxy) is 2. The van der Waals surface area contributed by atoms with Crippen LogP contribution < -0.4 is 11.1 Å². The van der Waals surface area contributed by atoms with E-state index in [-0.39, 0.29) is 25.0 Å². The number of aliphatic hydroxyl groups is 1. The molecule has 10 heteroatoms. The van der Waals surface area contributed by atoms with Gasteiger partial charge in [-0.05, 0) is 49.4 Å². The van der Waals surface area contributed by atoms with Crippen molar-refractivity contribution in [3.8, 4) is 0 Å². The van der Waals surface area contributed by atoms with Gasteiger partial charge in [-0.2, -0.15) is 0 Å². The third-order valence-corrected chi connectivity index (χ3v) is 7.93. The highest BCUT2D eigenvalue weighted by Gasteiger charge is 2.44. The summed E-state index contributed by atoms with van der Waals surface area (Å²) in [5, 5.41) is 13.8. The van der Waals surface area contributed by atoms with Crippen molar-refractivity contribution in [3.63, 3.8) is 0 Å². The quantitative estimate of drug-likeness (QED) is 0.332. The predicted octanol–water partition coefficient (Wildman–Crippen LogP) is 3.25. The van der Waals surface area contributed by atoms with Gasteiger partial charge in [0.05, 0.1) is 25.4 Å². The summed E-state index contributed by atoms with van der Waals surface area (Å²) in [5.41, 5.74) is 7.14. The number of rotatable bonds is 13. The first kappa shape index (κ1) is 31.0. The number of hydrogen-bond acceptors (Lipinski definition) is 7. The summed E-state index contributed by atoms with van der Waals surface area (Å²) in [6.07, 6.45) is 2.52. The molecule has 0 aliphatic carbocycles. The number of amides is 2. The molecule has 4 N–H and O–H groups in total. The molecule has 2 aliphatic rings. The fourth-order valence-corrected chi connectivity index (χ4v) is 5.59. The van der Waals surface area contributed by atoms with Crippen LogP contribution in [0.15, 0.2) is 59.6 Å². The maximum Gasteiger partial charge on any atom is 0.248 e. The van der Waals surface area contributed by atoms with Gasteiger partial charge in [0, 0.05) is 18.0 Å². The Bertz CT molecular complexity index is 1210. The van der Waals surface area contributed by atoms with E-state index < -0.39 is 29.8 Å². The van der Waals surface area contributed by atoms with Gasteiger partial charge in [-0.15, -0.1) is 0 Å². The summed E-state index contributed by atoms with van der Waals surface area (Å²) in [5.74, 6) is -0.225. The van der Waals surface area contributed by atoms with Crippen LogP contribution in [0.1, 0.15) is 50.7 Å². The topological polar surface area (TPSA) is 126 Å². The van der Waals surface area contributed by atoms with Gasteiger partial charge >= 0.3 is 0 Å². The number of aliphatic hydroxyl groups excluding tert-OH is 1. The lowest BCUT2D eigenvalue weighted by Gasteiger charge is -2.32. The van der Waals surface area contributed by atoms with E-state index in [1.54, 1.807) is 17.9 Å². The molecule has 222 valence electrons. The first-order chi connectivity index (χ1) is 19.7. The van der Waals surface area contributed by atoms with Crippen LogP contribution in [0.4, 0.5) is 0 Å². The summed E-state index contributed by atoms with van der Waals surface area (Å²) in [6, 6.07) is 15.1. The minimum atomic E-state index is -0.939. The smallest absolute Gasteiger partial charge is 0.248 e. The number of aliphatic imine (C=N–C) groups is 1. The minimum absolute atomic E-state index is 0.201. The van der Waals surface area contributed by atoms with Gasteiger partial charge in [-0.3, -0.25) is 9.59 Å². The van der Waals surface area contributed by atoms with Crippen LogP contribution in [0.25, 0.3) is 0 Å². The van der Waals surface area contributed by atoms with Crippen LogP contribution in [-0.4, -0.2) is 77.2 Å². The van der Waals surface area contributed by atoms with Crippen molar-refractivity contribution in [2.24, 2.45) is 10.7 Å². The summed E-state index contributed by atoms with van der Waals surface area (Å²) < 4.78 is 12.1. The summed E-state index contributed by atoms with van der Waals surface area (Å²) >= 11 is 6.17. The van der Waals surface area contributed by atoms with Crippen LogP contribution >= 0.6 is 11.6 Å². The molecule has 4 unspecified atom stereocenters. The number of carbonyl (C=O) groups is 2. The first-order valence-electron chi connectivity index (χ1n) is 14.3.